The van der Waals surface area contributed by atoms with Crippen molar-refractivity contribution in [3.05, 3.63) is 63.1 Å². The number of anilines is 1. The van der Waals surface area contributed by atoms with Gasteiger partial charge in [0.1, 0.15) is 33.4 Å². The minimum Gasteiger partial charge on any atom is -0.365 e. The van der Waals surface area contributed by atoms with Crippen molar-refractivity contribution in [2.75, 3.05) is 11.9 Å². The molecule has 21 heavy (non-hydrogen) atoms. The number of benzene rings is 1. The lowest BCUT2D eigenvalue weighted by Crippen LogP contribution is -2.26. The second kappa shape index (κ2) is 6.17. The third-order valence-corrected chi connectivity index (χ3v) is 3.49. The van der Waals surface area contributed by atoms with E-state index >= 15 is 0 Å². The van der Waals surface area contributed by atoms with E-state index in [4.69, 9.17) is 0 Å². The number of aryl methyl sites for hydroxylation is 1. The van der Waals surface area contributed by atoms with Crippen molar-refractivity contribution in [1.82, 2.24) is 9.55 Å². The van der Waals surface area contributed by atoms with E-state index in [9.17, 15) is 13.6 Å². The predicted molar refractivity (Wildman–Crippen MR) is 80.9 cm³/mol. The third kappa shape index (κ3) is 2.87. The van der Waals surface area contributed by atoms with Crippen LogP contribution in [0.25, 0.3) is 5.69 Å². The first-order chi connectivity index (χ1) is 9.97. The summed E-state index contributed by atoms with van der Waals surface area (Å²) in [6, 6.07) is 3.40. The largest absolute Gasteiger partial charge is 0.365 e. The fraction of sp³-hybridized carbons (Fsp3) is 0.143. The van der Waals surface area contributed by atoms with Gasteiger partial charge in [0, 0.05) is 6.54 Å². The SMILES string of the molecule is C=CCNc1nc(C)n(-c2c(F)cccc2F)c(=O)c1Br. The maximum Gasteiger partial charge on any atom is 0.274 e. The summed E-state index contributed by atoms with van der Waals surface area (Å²) in [7, 11) is 0. The van der Waals surface area contributed by atoms with Crippen molar-refractivity contribution in [3.8, 4) is 5.69 Å². The molecule has 0 saturated carbocycles. The lowest BCUT2D eigenvalue weighted by Gasteiger charge is -2.14. The zero-order valence-corrected chi connectivity index (χ0v) is 12.7. The highest BCUT2D eigenvalue weighted by Crippen LogP contribution is 2.21. The highest BCUT2D eigenvalue weighted by atomic mass is 79.9. The van der Waals surface area contributed by atoms with Gasteiger partial charge in [-0.25, -0.2) is 13.8 Å². The fourth-order valence-corrected chi connectivity index (χ4v) is 2.27. The molecule has 0 atom stereocenters. The second-order valence-electron chi connectivity index (χ2n) is 4.20. The Morgan fingerprint density at radius 2 is 2.05 bits per heavy atom. The number of nitrogens with zero attached hydrogens (tertiary/aromatic N) is 2. The first kappa shape index (κ1) is 15.4. The molecule has 0 unspecified atom stereocenters. The van der Waals surface area contributed by atoms with Crippen LogP contribution >= 0.6 is 15.9 Å². The number of rotatable bonds is 4. The van der Waals surface area contributed by atoms with Crippen molar-refractivity contribution < 1.29 is 8.78 Å². The van der Waals surface area contributed by atoms with Crippen LogP contribution in [0.4, 0.5) is 14.6 Å². The van der Waals surface area contributed by atoms with Gasteiger partial charge in [0.25, 0.3) is 5.56 Å². The Bertz CT molecular complexity index is 738. The molecule has 0 spiro atoms. The molecule has 0 saturated heterocycles. The Hall–Kier alpha value is -2.02. The van der Waals surface area contributed by atoms with Crippen LogP contribution in [-0.2, 0) is 0 Å². The number of aromatic nitrogens is 2. The first-order valence-corrected chi connectivity index (χ1v) is 6.85. The summed E-state index contributed by atoms with van der Waals surface area (Å²) in [4.78, 5) is 16.5. The molecule has 0 fully saturated rings. The van der Waals surface area contributed by atoms with Gasteiger partial charge in [-0.05, 0) is 35.0 Å². The average Bonchev–Trinajstić information content (AvgIpc) is 2.44. The van der Waals surface area contributed by atoms with Crippen LogP contribution in [0.5, 0.6) is 0 Å². The molecule has 0 aliphatic rings. The Kier molecular flexibility index (Phi) is 4.52. The average molecular weight is 356 g/mol. The van der Waals surface area contributed by atoms with E-state index in [1.54, 1.807) is 6.08 Å². The topological polar surface area (TPSA) is 46.9 Å². The molecule has 1 heterocycles. The van der Waals surface area contributed by atoms with Gasteiger partial charge in [0.05, 0.1) is 0 Å². The molecule has 7 heteroatoms. The van der Waals surface area contributed by atoms with Crippen molar-refractivity contribution in [2.45, 2.75) is 6.92 Å². The Morgan fingerprint density at radius 1 is 1.43 bits per heavy atom. The molecule has 1 aromatic heterocycles. The van der Waals surface area contributed by atoms with Crippen LogP contribution in [0, 0.1) is 18.6 Å². The summed E-state index contributed by atoms with van der Waals surface area (Å²) >= 11 is 3.10. The summed E-state index contributed by atoms with van der Waals surface area (Å²) in [5, 5.41) is 2.88. The van der Waals surface area contributed by atoms with Crippen LogP contribution in [-0.4, -0.2) is 16.1 Å². The smallest absolute Gasteiger partial charge is 0.274 e. The molecule has 1 N–H and O–H groups in total. The Balaban J connectivity index is 2.69. The van der Waals surface area contributed by atoms with E-state index in [-0.39, 0.29) is 10.3 Å². The maximum absolute atomic E-state index is 13.9. The van der Waals surface area contributed by atoms with Gasteiger partial charge in [0.15, 0.2) is 0 Å². The van der Waals surface area contributed by atoms with E-state index in [0.717, 1.165) is 16.7 Å². The van der Waals surface area contributed by atoms with Gasteiger partial charge in [0.2, 0.25) is 0 Å². The molecule has 4 nitrogen and oxygen atoms in total. The van der Waals surface area contributed by atoms with Gasteiger partial charge in [-0.2, -0.15) is 0 Å². The monoisotopic (exact) mass is 355 g/mol. The van der Waals surface area contributed by atoms with Crippen molar-refractivity contribution in [2.24, 2.45) is 0 Å². The molecule has 0 aliphatic heterocycles. The number of nitrogens with one attached hydrogen (secondary N) is 1. The summed E-state index contributed by atoms with van der Waals surface area (Å²) in [6.45, 7) is 5.45. The zero-order valence-electron chi connectivity index (χ0n) is 11.2. The molecule has 0 amide bonds. The summed E-state index contributed by atoms with van der Waals surface area (Å²) in [5.74, 6) is -1.20. The summed E-state index contributed by atoms with van der Waals surface area (Å²) in [5.41, 5.74) is -1.04. The van der Waals surface area contributed by atoms with Crippen molar-refractivity contribution in [3.63, 3.8) is 0 Å². The summed E-state index contributed by atoms with van der Waals surface area (Å²) < 4.78 is 28.7. The van der Waals surface area contributed by atoms with E-state index < -0.39 is 22.9 Å². The predicted octanol–water partition coefficient (Wildman–Crippen LogP) is 3.18. The van der Waals surface area contributed by atoms with E-state index in [0.29, 0.717) is 12.4 Å². The molecule has 2 rings (SSSR count). The van der Waals surface area contributed by atoms with Crippen LogP contribution in [0.1, 0.15) is 5.82 Å². The normalized spacial score (nSPS) is 10.5. The number of para-hydroxylation sites is 1. The number of hydrogen-bond acceptors (Lipinski definition) is 3. The number of halogens is 3. The van der Waals surface area contributed by atoms with Crippen LogP contribution in [0.3, 0.4) is 0 Å². The van der Waals surface area contributed by atoms with Gasteiger partial charge < -0.3 is 5.32 Å². The second-order valence-corrected chi connectivity index (χ2v) is 5.00. The van der Waals surface area contributed by atoms with Gasteiger partial charge in [-0.15, -0.1) is 6.58 Å². The summed E-state index contributed by atoms with van der Waals surface area (Å²) in [6.07, 6.45) is 1.60. The van der Waals surface area contributed by atoms with Crippen molar-refractivity contribution in [1.29, 1.82) is 0 Å². The molecule has 0 bridgehead atoms. The van der Waals surface area contributed by atoms with Crippen molar-refractivity contribution >= 4 is 21.7 Å². The minimum atomic E-state index is -0.833. The maximum atomic E-state index is 13.9. The third-order valence-electron chi connectivity index (χ3n) is 2.77. The lowest BCUT2D eigenvalue weighted by molar-refractivity contribution is 0.562. The molecule has 110 valence electrons. The quantitative estimate of drug-likeness (QED) is 0.856. The number of hydrogen-bond donors (Lipinski definition) is 1. The fourth-order valence-electron chi connectivity index (χ4n) is 1.86. The van der Waals surface area contributed by atoms with Crippen LogP contribution < -0.4 is 10.9 Å². The van der Waals surface area contributed by atoms with Crippen LogP contribution in [0.2, 0.25) is 0 Å². The Labute approximate surface area is 128 Å². The highest BCUT2D eigenvalue weighted by molar-refractivity contribution is 9.10. The Morgan fingerprint density at radius 3 is 2.62 bits per heavy atom. The van der Waals surface area contributed by atoms with Gasteiger partial charge in [-0.3, -0.25) is 9.36 Å². The van der Waals surface area contributed by atoms with Gasteiger partial charge >= 0.3 is 0 Å². The molecule has 2 aromatic rings. The van der Waals surface area contributed by atoms with E-state index in [2.05, 4.69) is 32.8 Å². The molecule has 0 radical (unpaired) electrons. The minimum absolute atomic E-state index is 0.0950. The molecule has 0 aliphatic carbocycles. The van der Waals surface area contributed by atoms with Crippen LogP contribution in [0.15, 0.2) is 40.1 Å². The lowest BCUT2D eigenvalue weighted by atomic mass is 10.2. The molecule has 1 aromatic carbocycles. The molecular formula is C14H12BrF2N3O. The highest BCUT2D eigenvalue weighted by Gasteiger charge is 2.18. The standard InChI is InChI=1S/C14H12BrF2N3O/c1-3-7-18-13-11(15)14(21)20(8(2)19-13)12-9(16)5-4-6-10(12)17/h3-6,18H,1,7H2,2H3. The molecular weight excluding hydrogens is 344 g/mol. The van der Waals surface area contributed by atoms with Gasteiger partial charge in [-0.1, -0.05) is 12.1 Å². The van der Waals surface area contributed by atoms with E-state index in [1.165, 1.54) is 13.0 Å². The van der Waals surface area contributed by atoms with E-state index in [1.807, 2.05) is 0 Å². The first-order valence-electron chi connectivity index (χ1n) is 6.05. The zero-order chi connectivity index (χ0) is 15.6.